The van der Waals surface area contributed by atoms with Gasteiger partial charge in [0.15, 0.2) is 11.5 Å². The number of hydrogen-bond acceptors (Lipinski definition) is 7. The second-order valence-electron chi connectivity index (χ2n) is 8.12. The van der Waals surface area contributed by atoms with Crippen molar-refractivity contribution in [2.45, 2.75) is 6.54 Å². The van der Waals surface area contributed by atoms with Gasteiger partial charge in [0, 0.05) is 56.4 Å². The maximum absolute atomic E-state index is 6.12. The number of nitrogens with two attached hydrogens (primary N) is 1. The molecule has 0 bridgehead atoms. The van der Waals surface area contributed by atoms with Crippen LogP contribution in [0.4, 0.5) is 11.5 Å². The Balaban J connectivity index is 1.31. The lowest BCUT2D eigenvalue weighted by molar-refractivity contribution is 0.174. The molecule has 2 aliphatic heterocycles. The summed E-state index contributed by atoms with van der Waals surface area (Å²) in [5.41, 5.74) is 10.8. The number of nitrogens with zero attached hydrogens (tertiary/aromatic N) is 5. The molecule has 6 rings (SSSR count). The van der Waals surface area contributed by atoms with E-state index in [1.807, 2.05) is 54.9 Å². The lowest BCUT2D eigenvalue weighted by atomic mass is 10.1. The largest absolute Gasteiger partial charge is 0.454 e. The average Bonchev–Trinajstić information content (AvgIpc) is 3.44. The van der Waals surface area contributed by atoms with Crippen molar-refractivity contribution in [1.82, 2.24) is 19.3 Å². The third-order valence-electron chi connectivity index (χ3n) is 6.11. The number of rotatable bonds is 4. The van der Waals surface area contributed by atoms with Gasteiger partial charge in [-0.25, -0.2) is 9.97 Å². The van der Waals surface area contributed by atoms with Gasteiger partial charge in [-0.1, -0.05) is 6.07 Å². The van der Waals surface area contributed by atoms with Crippen LogP contribution in [-0.4, -0.2) is 52.2 Å². The van der Waals surface area contributed by atoms with Crippen LogP contribution in [0.3, 0.4) is 0 Å². The fraction of sp³-hybridized carbons (Fsp3) is 0.250. The van der Waals surface area contributed by atoms with Gasteiger partial charge in [-0.15, -0.1) is 0 Å². The van der Waals surface area contributed by atoms with Crippen molar-refractivity contribution in [2.24, 2.45) is 0 Å². The molecule has 4 aromatic rings. The standard InChI is InChI=1S/C24H24N6O2/c25-18-5-7-23-27-24(17-4-6-20-21(13-17)32-16-31-20)19(30(23)14-18)15-28-9-11-29(12-10-28)22-3-1-2-8-26-22/h1-8,13-14H,9-12,15-16,25H2. The van der Waals surface area contributed by atoms with E-state index in [0.717, 1.165) is 72.6 Å². The van der Waals surface area contributed by atoms with Crippen LogP contribution in [0.1, 0.15) is 5.69 Å². The molecule has 0 aliphatic carbocycles. The first-order chi connectivity index (χ1) is 15.7. The molecule has 5 heterocycles. The molecular formula is C24H24N6O2. The van der Waals surface area contributed by atoms with Gasteiger partial charge < -0.3 is 24.5 Å². The van der Waals surface area contributed by atoms with E-state index >= 15 is 0 Å². The van der Waals surface area contributed by atoms with Crippen LogP contribution in [-0.2, 0) is 6.54 Å². The highest BCUT2D eigenvalue weighted by Crippen LogP contribution is 2.37. The minimum absolute atomic E-state index is 0.258. The van der Waals surface area contributed by atoms with Crippen molar-refractivity contribution in [2.75, 3.05) is 43.6 Å². The molecule has 3 aromatic heterocycles. The van der Waals surface area contributed by atoms with Gasteiger partial charge in [0.2, 0.25) is 6.79 Å². The fourth-order valence-corrected chi connectivity index (χ4v) is 4.42. The molecule has 0 saturated carbocycles. The van der Waals surface area contributed by atoms with Crippen molar-refractivity contribution < 1.29 is 9.47 Å². The van der Waals surface area contributed by atoms with Gasteiger partial charge in [0.25, 0.3) is 0 Å². The van der Waals surface area contributed by atoms with E-state index in [2.05, 4.69) is 25.3 Å². The van der Waals surface area contributed by atoms with Crippen LogP contribution in [0.15, 0.2) is 60.9 Å². The molecule has 32 heavy (non-hydrogen) atoms. The highest BCUT2D eigenvalue weighted by molar-refractivity contribution is 5.70. The van der Waals surface area contributed by atoms with Crippen molar-refractivity contribution in [1.29, 1.82) is 0 Å². The second-order valence-corrected chi connectivity index (χ2v) is 8.12. The van der Waals surface area contributed by atoms with Gasteiger partial charge >= 0.3 is 0 Å². The maximum atomic E-state index is 6.12. The van der Waals surface area contributed by atoms with E-state index in [9.17, 15) is 0 Å². The Morgan fingerprint density at radius 3 is 2.66 bits per heavy atom. The molecule has 2 N–H and O–H groups in total. The maximum Gasteiger partial charge on any atom is 0.231 e. The topological polar surface area (TPSA) is 81.2 Å². The summed E-state index contributed by atoms with van der Waals surface area (Å²) in [6.45, 7) is 4.82. The van der Waals surface area contributed by atoms with Crippen molar-refractivity contribution in [3.63, 3.8) is 0 Å². The molecule has 2 aliphatic rings. The fourth-order valence-electron chi connectivity index (χ4n) is 4.42. The molecule has 1 aromatic carbocycles. The Kier molecular flexibility index (Phi) is 4.57. The number of fused-ring (bicyclic) bond motifs is 2. The van der Waals surface area contributed by atoms with Crippen molar-refractivity contribution in [3.05, 3.63) is 66.6 Å². The summed E-state index contributed by atoms with van der Waals surface area (Å²) in [5.74, 6) is 2.57. The second kappa shape index (κ2) is 7.72. The number of ether oxygens (including phenoxy) is 2. The summed E-state index contributed by atoms with van der Waals surface area (Å²) < 4.78 is 13.2. The molecule has 0 atom stereocenters. The molecule has 0 radical (unpaired) electrons. The first-order valence-corrected chi connectivity index (χ1v) is 10.8. The van der Waals surface area contributed by atoms with Crippen LogP contribution in [0.5, 0.6) is 11.5 Å². The van der Waals surface area contributed by atoms with Gasteiger partial charge in [-0.2, -0.15) is 0 Å². The van der Waals surface area contributed by atoms with E-state index in [-0.39, 0.29) is 6.79 Å². The summed E-state index contributed by atoms with van der Waals surface area (Å²) >= 11 is 0. The molecule has 1 fully saturated rings. The predicted molar refractivity (Wildman–Crippen MR) is 123 cm³/mol. The van der Waals surface area contributed by atoms with Crippen molar-refractivity contribution >= 4 is 17.2 Å². The molecule has 162 valence electrons. The Bertz CT molecular complexity index is 1260. The summed E-state index contributed by atoms with van der Waals surface area (Å²) in [5, 5.41) is 0. The zero-order valence-electron chi connectivity index (χ0n) is 17.6. The summed E-state index contributed by atoms with van der Waals surface area (Å²) in [6.07, 6.45) is 3.81. The highest BCUT2D eigenvalue weighted by atomic mass is 16.7. The molecule has 0 amide bonds. The van der Waals surface area contributed by atoms with Gasteiger partial charge in [0.1, 0.15) is 11.5 Å². The lowest BCUT2D eigenvalue weighted by Gasteiger charge is -2.35. The van der Waals surface area contributed by atoms with E-state index in [1.54, 1.807) is 0 Å². The zero-order chi connectivity index (χ0) is 21.5. The average molecular weight is 428 g/mol. The third kappa shape index (κ3) is 3.38. The van der Waals surface area contributed by atoms with Crippen LogP contribution in [0.25, 0.3) is 16.9 Å². The molecule has 1 saturated heterocycles. The smallest absolute Gasteiger partial charge is 0.231 e. The number of anilines is 2. The van der Waals surface area contributed by atoms with E-state index in [0.29, 0.717) is 5.69 Å². The van der Waals surface area contributed by atoms with E-state index in [4.69, 9.17) is 20.2 Å². The number of piperazine rings is 1. The number of nitrogen functional groups attached to an aromatic ring is 1. The Morgan fingerprint density at radius 1 is 0.938 bits per heavy atom. The van der Waals surface area contributed by atoms with Crippen molar-refractivity contribution in [3.8, 4) is 22.8 Å². The molecule has 0 unspecified atom stereocenters. The van der Waals surface area contributed by atoms with Gasteiger partial charge in [-0.05, 0) is 42.5 Å². The predicted octanol–water partition coefficient (Wildman–Crippen LogP) is 3.03. The first kappa shape index (κ1) is 18.9. The SMILES string of the molecule is Nc1ccc2nc(-c3ccc4c(c3)OCO4)c(CN3CCN(c4ccccn4)CC3)n2c1. The molecular weight excluding hydrogens is 404 g/mol. The number of imidazole rings is 1. The number of benzene rings is 1. The monoisotopic (exact) mass is 428 g/mol. The molecule has 0 spiro atoms. The summed E-state index contributed by atoms with van der Waals surface area (Å²) in [6, 6.07) is 15.9. The quantitative estimate of drug-likeness (QED) is 0.535. The van der Waals surface area contributed by atoms with Crippen LogP contribution in [0, 0.1) is 0 Å². The minimum Gasteiger partial charge on any atom is -0.454 e. The zero-order valence-corrected chi connectivity index (χ0v) is 17.6. The summed E-state index contributed by atoms with van der Waals surface area (Å²) in [4.78, 5) is 14.2. The lowest BCUT2D eigenvalue weighted by Crippen LogP contribution is -2.46. The van der Waals surface area contributed by atoms with Crippen LogP contribution in [0.2, 0.25) is 0 Å². The molecule has 8 nitrogen and oxygen atoms in total. The van der Waals surface area contributed by atoms with Crippen LogP contribution < -0.4 is 20.1 Å². The molecule has 8 heteroatoms. The number of pyridine rings is 2. The van der Waals surface area contributed by atoms with Gasteiger partial charge in [0.05, 0.1) is 11.4 Å². The Morgan fingerprint density at radius 2 is 1.81 bits per heavy atom. The number of aromatic nitrogens is 3. The Labute approximate surface area is 185 Å². The highest BCUT2D eigenvalue weighted by Gasteiger charge is 2.23. The summed E-state index contributed by atoms with van der Waals surface area (Å²) in [7, 11) is 0. The van der Waals surface area contributed by atoms with E-state index < -0.39 is 0 Å². The first-order valence-electron chi connectivity index (χ1n) is 10.8. The van der Waals surface area contributed by atoms with Crippen LogP contribution >= 0.6 is 0 Å². The van der Waals surface area contributed by atoms with E-state index in [1.165, 1.54) is 0 Å². The third-order valence-corrected chi connectivity index (χ3v) is 6.11. The number of hydrogen-bond donors (Lipinski definition) is 1. The Hall–Kier alpha value is -3.78. The minimum atomic E-state index is 0.258. The van der Waals surface area contributed by atoms with Gasteiger partial charge in [-0.3, -0.25) is 4.90 Å². The normalized spacial score (nSPS) is 16.1.